The molecule has 1 aromatic rings. The molecular formula is C12H15N3O2. The molecular weight excluding hydrogens is 218 g/mol. The third-order valence-electron chi connectivity index (χ3n) is 2.79. The normalized spacial score (nSPS) is 24.2. The first-order chi connectivity index (χ1) is 8.01. The van der Waals surface area contributed by atoms with E-state index in [1.807, 2.05) is 13.0 Å². The van der Waals surface area contributed by atoms with Gasteiger partial charge in [0, 0.05) is 5.56 Å². The van der Waals surface area contributed by atoms with Gasteiger partial charge in [-0.25, -0.2) is 0 Å². The van der Waals surface area contributed by atoms with Crippen LogP contribution in [0.1, 0.15) is 22.8 Å². The Kier molecular flexibility index (Phi) is 2.85. The summed E-state index contributed by atoms with van der Waals surface area (Å²) in [5, 5.41) is 0. The van der Waals surface area contributed by atoms with Crippen molar-refractivity contribution in [3.63, 3.8) is 0 Å². The number of carbonyl (C=O) groups excluding carboxylic acids is 1. The van der Waals surface area contributed by atoms with E-state index in [1.165, 1.54) is 0 Å². The molecule has 17 heavy (non-hydrogen) atoms. The highest BCUT2D eigenvalue weighted by molar-refractivity contribution is 5.93. The second kappa shape index (κ2) is 4.18. The molecule has 1 unspecified atom stereocenters. The minimum absolute atomic E-state index is 0.352. The monoisotopic (exact) mass is 233 g/mol. The molecule has 1 aliphatic rings. The zero-order valence-corrected chi connectivity index (χ0v) is 9.64. The standard InChI is InChI=1S/C12H15N3O2/c1-12(7-17-6-10(13)15-12)9-4-2-3-8(5-9)11(14)16/h2-5H,6-7H2,1H3,(H2,13,15)(H2,14,16). The Labute approximate surface area is 99.5 Å². The lowest BCUT2D eigenvalue weighted by Crippen LogP contribution is -2.37. The third kappa shape index (κ3) is 2.29. The highest BCUT2D eigenvalue weighted by Gasteiger charge is 2.30. The van der Waals surface area contributed by atoms with Crippen LogP contribution in [0.2, 0.25) is 0 Å². The molecule has 0 saturated carbocycles. The Balaban J connectivity index is 2.42. The summed E-state index contributed by atoms with van der Waals surface area (Å²) in [6.45, 7) is 2.71. The second-order valence-electron chi connectivity index (χ2n) is 4.31. The number of hydrogen-bond acceptors (Lipinski definition) is 4. The van der Waals surface area contributed by atoms with Gasteiger partial charge in [-0.05, 0) is 24.6 Å². The Bertz CT molecular complexity index is 484. The molecule has 5 heteroatoms. The van der Waals surface area contributed by atoms with Crippen LogP contribution in [0, 0.1) is 0 Å². The van der Waals surface area contributed by atoms with Crippen LogP contribution in [-0.2, 0) is 10.3 Å². The van der Waals surface area contributed by atoms with Gasteiger partial charge in [-0.15, -0.1) is 0 Å². The van der Waals surface area contributed by atoms with E-state index in [2.05, 4.69) is 4.99 Å². The average molecular weight is 233 g/mol. The molecule has 4 N–H and O–H groups in total. The number of ether oxygens (including phenoxy) is 1. The molecule has 1 aliphatic heterocycles. The van der Waals surface area contributed by atoms with Crippen molar-refractivity contribution in [2.75, 3.05) is 13.2 Å². The van der Waals surface area contributed by atoms with Gasteiger partial charge < -0.3 is 16.2 Å². The Hall–Kier alpha value is -1.88. The summed E-state index contributed by atoms with van der Waals surface area (Å²) in [6, 6.07) is 7.07. The number of amidine groups is 1. The average Bonchev–Trinajstić information content (AvgIpc) is 2.29. The number of rotatable bonds is 2. The van der Waals surface area contributed by atoms with Gasteiger partial charge in [0.2, 0.25) is 5.91 Å². The van der Waals surface area contributed by atoms with Crippen LogP contribution in [0.4, 0.5) is 0 Å². The molecule has 1 amide bonds. The minimum Gasteiger partial charge on any atom is -0.386 e. The fourth-order valence-electron chi connectivity index (χ4n) is 1.89. The van der Waals surface area contributed by atoms with E-state index in [4.69, 9.17) is 16.2 Å². The van der Waals surface area contributed by atoms with E-state index in [0.717, 1.165) is 5.56 Å². The van der Waals surface area contributed by atoms with E-state index < -0.39 is 11.4 Å². The van der Waals surface area contributed by atoms with Gasteiger partial charge in [0.05, 0.1) is 6.61 Å². The minimum atomic E-state index is -0.548. The molecule has 0 fully saturated rings. The smallest absolute Gasteiger partial charge is 0.248 e. The fraction of sp³-hybridized carbons (Fsp3) is 0.333. The molecule has 5 nitrogen and oxygen atoms in total. The summed E-state index contributed by atoms with van der Waals surface area (Å²) in [7, 11) is 0. The van der Waals surface area contributed by atoms with Gasteiger partial charge >= 0.3 is 0 Å². The van der Waals surface area contributed by atoms with Crippen LogP contribution >= 0.6 is 0 Å². The summed E-state index contributed by atoms with van der Waals surface area (Å²) in [5.74, 6) is 0.00681. The summed E-state index contributed by atoms with van der Waals surface area (Å²) in [6.07, 6.45) is 0. The predicted octanol–water partition coefficient (Wildman–Crippen LogP) is 0.388. The number of nitrogens with two attached hydrogens (primary N) is 2. The van der Waals surface area contributed by atoms with Gasteiger partial charge in [-0.2, -0.15) is 0 Å². The Morgan fingerprint density at radius 3 is 2.94 bits per heavy atom. The summed E-state index contributed by atoms with van der Waals surface area (Å²) in [4.78, 5) is 15.5. The first-order valence-corrected chi connectivity index (χ1v) is 5.33. The number of primary amides is 1. The van der Waals surface area contributed by atoms with Crippen LogP contribution in [-0.4, -0.2) is 25.0 Å². The fourth-order valence-corrected chi connectivity index (χ4v) is 1.89. The van der Waals surface area contributed by atoms with Crippen molar-refractivity contribution in [3.8, 4) is 0 Å². The predicted molar refractivity (Wildman–Crippen MR) is 64.8 cm³/mol. The third-order valence-corrected chi connectivity index (χ3v) is 2.79. The molecule has 1 heterocycles. The summed E-state index contributed by atoms with van der Waals surface area (Å²) >= 11 is 0. The largest absolute Gasteiger partial charge is 0.386 e. The topological polar surface area (TPSA) is 90.7 Å². The first-order valence-electron chi connectivity index (χ1n) is 5.33. The van der Waals surface area contributed by atoms with Gasteiger partial charge in [-0.1, -0.05) is 12.1 Å². The molecule has 1 aromatic carbocycles. The molecule has 2 rings (SSSR count). The van der Waals surface area contributed by atoms with E-state index in [-0.39, 0.29) is 0 Å². The van der Waals surface area contributed by atoms with E-state index in [9.17, 15) is 4.79 Å². The molecule has 1 atom stereocenters. The quantitative estimate of drug-likeness (QED) is 0.774. The first kappa shape index (κ1) is 11.6. The van der Waals surface area contributed by atoms with Gasteiger partial charge in [0.1, 0.15) is 18.0 Å². The Morgan fingerprint density at radius 2 is 2.29 bits per heavy atom. The highest BCUT2D eigenvalue weighted by atomic mass is 16.5. The SMILES string of the molecule is CC1(c2cccc(C(N)=O)c2)COCC(N)=N1. The molecule has 0 aliphatic carbocycles. The molecule has 0 aromatic heterocycles. The van der Waals surface area contributed by atoms with Crippen LogP contribution in [0.3, 0.4) is 0 Å². The highest BCUT2D eigenvalue weighted by Crippen LogP contribution is 2.28. The molecule has 90 valence electrons. The van der Waals surface area contributed by atoms with Gasteiger partial charge in [0.15, 0.2) is 0 Å². The number of amides is 1. The van der Waals surface area contributed by atoms with Crippen molar-refractivity contribution in [1.82, 2.24) is 0 Å². The number of nitrogens with zero attached hydrogens (tertiary/aromatic N) is 1. The Morgan fingerprint density at radius 1 is 1.53 bits per heavy atom. The lowest BCUT2D eigenvalue weighted by atomic mass is 9.91. The van der Waals surface area contributed by atoms with Crippen molar-refractivity contribution in [1.29, 1.82) is 0 Å². The molecule has 0 saturated heterocycles. The number of hydrogen-bond donors (Lipinski definition) is 2. The van der Waals surface area contributed by atoms with Crippen LogP contribution < -0.4 is 11.5 Å². The van der Waals surface area contributed by atoms with Gasteiger partial charge in [-0.3, -0.25) is 9.79 Å². The van der Waals surface area contributed by atoms with E-state index in [0.29, 0.717) is 24.6 Å². The van der Waals surface area contributed by atoms with Crippen molar-refractivity contribution < 1.29 is 9.53 Å². The van der Waals surface area contributed by atoms with Gasteiger partial charge in [0.25, 0.3) is 0 Å². The second-order valence-corrected chi connectivity index (χ2v) is 4.31. The maximum absolute atomic E-state index is 11.1. The van der Waals surface area contributed by atoms with Crippen molar-refractivity contribution >= 4 is 11.7 Å². The number of aliphatic imine (C=N–C) groups is 1. The number of carbonyl (C=O) groups is 1. The molecule has 0 radical (unpaired) electrons. The lowest BCUT2D eigenvalue weighted by molar-refractivity contribution is 0.0997. The van der Waals surface area contributed by atoms with Crippen LogP contribution in [0.25, 0.3) is 0 Å². The van der Waals surface area contributed by atoms with Crippen LogP contribution in [0.15, 0.2) is 29.3 Å². The lowest BCUT2D eigenvalue weighted by Gasteiger charge is -2.30. The maximum atomic E-state index is 11.1. The van der Waals surface area contributed by atoms with Crippen LogP contribution in [0.5, 0.6) is 0 Å². The molecule has 0 bridgehead atoms. The number of benzene rings is 1. The zero-order chi connectivity index (χ0) is 12.5. The van der Waals surface area contributed by atoms with E-state index >= 15 is 0 Å². The molecule has 0 spiro atoms. The summed E-state index contributed by atoms with van der Waals surface area (Å²) in [5.41, 5.74) is 11.7. The summed E-state index contributed by atoms with van der Waals surface area (Å²) < 4.78 is 5.38. The van der Waals surface area contributed by atoms with Crippen molar-refractivity contribution in [3.05, 3.63) is 35.4 Å². The van der Waals surface area contributed by atoms with Crippen molar-refractivity contribution in [2.45, 2.75) is 12.5 Å². The van der Waals surface area contributed by atoms with E-state index in [1.54, 1.807) is 18.2 Å². The van der Waals surface area contributed by atoms with Crippen molar-refractivity contribution in [2.24, 2.45) is 16.5 Å². The maximum Gasteiger partial charge on any atom is 0.248 e. The zero-order valence-electron chi connectivity index (χ0n) is 9.64.